The summed E-state index contributed by atoms with van der Waals surface area (Å²) in [6.45, 7) is 0.528. The summed E-state index contributed by atoms with van der Waals surface area (Å²) in [7, 11) is 0. The van der Waals surface area contributed by atoms with E-state index in [-0.39, 0.29) is 36.4 Å². The predicted molar refractivity (Wildman–Crippen MR) is 83.7 cm³/mol. The molecule has 1 aromatic rings. The zero-order chi connectivity index (χ0) is 16.2. The highest BCUT2D eigenvalue weighted by Crippen LogP contribution is 2.33. The number of para-hydroxylation sites is 1. The largest absolute Gasteiger partial charge is 0.490 e. The van der Waals surface area contributed by atoms with E-state index >= 15 is 0 Å². The Morgan fingerprint density at radius 1 is 1.35 bits per heavy atom. The quantitative estimate of drug-likeness (QED) is 0.748. The molecule has 23 heavy (non-hydrogen) atoms. The second-order valence-corrected chi connectivity index (χ2v) is 5.99. The van der Waals surface area contributed by atoms with Gasteiger partial charge in [-0.05, 0) is 25.3 Å². The number of benzene rings is 1. The highest BCUT2D eigenvalue weighted by atomic mass is 19.1. The summed E-state index contributed by atoms with van der Waals surface area (Å²) >= 11 is 0. The zero-order valence-electron chi connectivity index (χ0n) is 12.8. The fraction of sp³-hybridized carbons (Fsp3) is 0.471. The number of amides is 2. The van der Waals surface area contributed by atoms with Crippen molar-refractivity contribution in [2.45, 2.75) is 31.3 Å². The topological polar surface area (TPSA) is 70.6 Å². The maximum absolute atomic E-state index is 13.9. The summed E-state index contributed by atoms with van der Waals surface area (Å²) in [4.78, 5) is 12.2. The number of ether oxygens (including phenoxy) is 1. The second-order valence-electron chi connectivity index (χ2n) is 5.99. The number of urea groups is 1. The Morgan fingerprint density at radius 2 is 2.22 bits per heavy atom. The second kappa shape index (κ2) is 7.00. The van der Waals surface area contributed by atoms with Crippen LogP contribution in [0.15, 0.2) is 30.4 Å². The van der Waals surface area contributed by atoms with Gasteiger partial charge < -0.3 is 20.5 Å². The summed E-state index contributed by atoms with van der Waals surface area (Å²) < 4.78 is 19.4. The van der Waals surface area contributed by atoms with Crippen LogP contribution in [0.2, 0.25) is 0 Å². The number of halogens is 1. The minimum absolute atomic E-state index is 0.0823. The molecule has 1 aliphatic heterocycles. The lowest BCUT2D eigenvalue weighted by molar-refractivity contribution is 0.228. The summed E-state index contributed by atoms with van der Waals surface area (Å²) in [6, 6.07) is 4.12. The molecule has 3 atom stereocenters. The predicted octanol–water partition coefficient (Wildman–Crippen LogP) is 2.28. The number of nitrogens with one attached hydrogen (secondary N) is 2. The van der Waals surface area contributed by atoms with Crippen LogP contribution < -0.4 is 15.4 Å². The number of carbonyl (C=O) groups is 1. The number of rotatable bonds is 3. The Hall–Kier alpha value is -2.08. The summed E-state index contributed by atoms with van der Waals surface area (Å²) in [5, 5.41) is 14.9. The van der Waals surface area contributed by atoms with Gasteiger partial charge in [-0.15, -0.1) is 0 Å². The third-order valence-electron chi connectivity index (χ3n) is 4.28. The van der Waals surface area contributed by atoms with E-state index in [2.05, 4.69) is 10.6 Å². The van der Waals surface area contributed by atoms with Crippen molar-refractivity contribution in [3.8, 4) is 5.75 Å². The number of fused-ring (bicyclic) bond motifs is 1. The molecule has 0 aromatic heterocycles. The first-order chi connectivity index (χ1) is 11.2. The summed E-state index contributed by atoms with van der Waals surface area (Å²) in [6.07, 6.45) is 5.95. The Kier molecular flexibility index (Phi) is 4.81. The van der Waals surface area contributed by atoms with Gasteiger partial charge in [0.05, 0.1) is 12.6 Å². The van der Waals surface area contributed by atoms with Gasteiger partial charge in [0, 0.05) is 24.1 Å². The fourth-order valence-electron chi connectivity index (χ4n) is 3.10. The average molecular weight is 320 g/mol. The molecule has 1 heterocycles. The summed E-state index contributed by atoms with van der Waals surface area (Å²) in [5.41, 5.74) is 0.674. The highest BCUT2D eigenvalue weighted by molar-refractivity contribution is 5.75. The number of hydrogen-bond acceptors (Lipinski definition) is 3. The molecule has 0 fully saturated rings. The molecule has 0 saturated heterocycles. The lowest BCUT2D eigenvalue weighted by Gasteiger charge is -2.20. The van der Waals surface area contributed by atoms with Crippen LogP contribution >= 0.6 is 0 Å². The standard InChI is InChI=1S/C17H21FN2O3/c18-14-4-1-3-13-15(5-2-8-23-16(13)14)20-17(22)19-12-7-6-11(9-12)10-21/h1,3-4,6-7,11-12,15,21H,2,5,8-10H2,(H2,19,20,22)/t11-,12+,15+/m0/s1. The van der Waals surface area contributed by atoms with Gasteiger partial charge in [0.2, 0.25) is 0 Å². The molecule has 0 bridgehead atoms. The van der Waals surface area contributed by atoms with Crippen molar-refractivity contribution in [3.63, 3.8) is 0 Å². The maximum Gasteiger partial charge on any atom is 0.315 e. The normalized spacial score (nSPS) is 26.1. The Labute approximate surface area is 134 Å². The van der Waals surface area contributed by atoms with Crippen molar-refractivity contribution >= 4 is 6.03 Å². The first-order valence-electron chi connectivity index (χ1n) is 7.95. The molecule has 5 nitrogen and oxygen atoms in total. The van der Waals surface area contributed by atoms with Crippen molar-refractivity contribution in [2.75, 3.05) is 13.2 Å². The van der Waals surface area contributed by atoms with Crippen LogP contribution in [0.4, 0.5) is 9.18 Å². The average Bonchev–Trinajstić information content (AvgIpc) is 2.89. The Balaban J connectivity index is 1.65. The molecular formula is C17H21FN2O3. The molecular weight excluding hydrogens is 299 g/mol. The molecule has 3 N–H and O–H groups in total. The highest BCUT2D eigenvalue weighted by Gasteiger charge is 2.25. The third kappa shape index (κ3) is 3.64. The van der Waals surface area contributed by atoms with E-state index in [1.165, 1.54) is 6.07 Å². The zero-order valence-corrected chi connectivity index (χ0v) is 12.8. The molecule has 1 aromatic carbocycles. The molecule has 124 valence electrons. The molecule has 3 rings (SSSR count). The fourth-order valence-corrected chi connectivity index (χ4v) is 3.10. The third-order valence-corrected chi connectivity index (χ3v) is 4.28. The first kappa shape index (κ1) is 15.8. The van der Waals surface area contributed by atoms with Gasteiger partial charge >= 0.3 is 6.03 Å². The maximum atomic E-state index is 13.9. The van der Waals surface area contributed by atoms with Crippen molar-refractivity contribution in [3.05, 3.63) is 41.7 Å². The Morgan fingerprint density at radius 3 is 3.00 bits per heavy atom. The number of carbonyl (C=O) groups excluding carboxylic acids is 1. The minimum atomic E-state index is -0.402. The van der Waals surface area contributed by atoms with Crippen LogP contribution in [-0.2, 0) is 0 Å². The van der Waals surface area contributed by atoms with Crippen molar-refractivity contribution in [1.29, 1.82) is 0 Å². The molecule has 0 spiro atoms. The SMILES string of the molecule is O=C(N[C@@H]1C=C[C@H](CO)C1)N[C@@H]1CCCOc2c(F)cccc21. The number of hydrogen-bond donors (Lipinski definition) is 3. The van der Waals surface area contributed by atoms with Crippen LogP contribution in [0, 0.1) is 11.7 Å². The van der Waals surface area contributed by atoms with Crippen LogP contribution in [0.3, 0.4) is 0 Å². The van der Waals surface area contributed by atoms with Gasteiger partial charge in [0.1, 0.15) is 0 Å². The van der Waals surface area contributed by atoms with Crippen LogP contribution in [0.5, 0.6) is 5.75 Å². The van der Waals surface area contributed by atoms with Gasteiger partial charge in [-0.2, -0.15) is 0 Å². The molecule has 6 heteroatoms. The van der Waals surface area contributed by atoms with Gasteiger partial charge in [0.25, 0.3) is 0 Å². The van der Waals surface area contributed by atoms with Gasteiger partial charge in [-0.25, -0.2) is 9.18 Å². The molecule has 1 aliphatic carbocycles. The van der Waals surface area contributed by atoms with Crippen molar-refractivity contribution in [1.82, 2.24) is 10.6 Å². The molecule has 2 aliphatic rings. The van der Waals surface area contributed by atoms with E-state index < -0.39 is 5.82 Å². The van der Waals surface area contributed by atoms with Gasteiger partial charge in [-0.1, -0.05) is 24.3 Å². The van der Waals surface area contributed by atoms with Gasteiger partial charge in [0.15, 0.2) is 11.6 Å². The molecule has 0 saturated carbocycles. The molecule has 2 amide bonds. The lowest BCUT2D eigenvalue weighted by Crippen LogP contribution is -2.42. The Bertz CT molecular complexity index is 606. The number of aliphatic hydroxyl groups excluding tert-OH is 1. The van der Waals surface area contributed by atoms with E-state index in [9.17, 15) is 9.18 Å². The minimum Gasteiger partial charge on any atom is -0.490 e. The van der Waals surface area contributed by atoms with E-state index in [0.717, 1.165) is 6.42 Å². The summed E-state index contributed by atoms with van der Waals surface area (Å²) in [5.74, 6) is -0.0704. The van der Waals surface area contributed by atoms with E-state index in [4.69, 9.17) is 9.84 Å². The van der Waals surface area contributed by atoms with Crippen LogP contribution in [-0.4, -0.2) is 30.4 Å². The first-order valence-corrected chi connectivity index (χ1v) is 7.95. The van der Waals surface area contributed by atoms with Crippen molar-refractivity contribution < 1.29 is 19.0 Å². The van der Waals surface area contributed by atoms with Gasteiger partial charge in [-0.3, -0.25) is 0 Å². The molecule has 0 radical (unpaired) electrons. The number of aliphatic hydroxyl groups is 1. The molecule has 0 unspecified atom stereocenters. The van der Waals surface area contributed by atoms with Crippen molar-refractivity contribution in [2.24, 2.45) is 5.92 Å². The lowest BCUT2D eigenvalue weighted by atomic mass is 10.0. The van der Waals surface area contributed by atoms with Crippen LogP contribution in [0.1, 0.15) is 30.9 Å². The van der Waals surface area contributed by atoms with E-state index in [0.29, 0.717) is 25.0 Å². The van der Waals surface area contributed by atoms with E-state index in [1.54, 1.807) is 12.1 Å². The monoisotopic (exact) mass is 320 g/mol. The van der Waals surface area contributed by atoms with Crippen LogP contribution in [0.25, 0.3) is 0 Å². The van der Waals surface area contributed by atoms with E-state index in [1.807, 2.05) is 12.2 Å². The smallest absolute Gasteiger partial charge is 0.315 e.